The fourth-order valence-corrected chi connectivity index (χ4v) is 2.49. The van der Waals surface area contributed by atoms with E-state index in [1.165, 1.54) is 0 Å². The molecule has 8 heteroatoms. The Morgan fingerprint density at radius 2 is 1.04 bits per heavy atom. The monoisotopic (exact) mass is 398 g/mol. The molecule has 28 heavy (non-hydrogen) atoms. The van der Waals surface area contributed by atoms with Gasteiger partial charge in [-0.1, -0.05) is 39.5 Å². The van der Waals surface area contributed by atoms with Gasteiger partial charge in [-0.15, -0.1) is 0 Å². The number of hydrogen-bond acceptors (Lipinski definition) is 6. The number of unbranched alkanes of at least 4 members (excludes halogenated alkanes) is 4. The van der Waals surface area contributed by atoms with Gasteiger partial charge in [-0.05, 0) is 25.7 Å². The molecule has 158 valence electrons. The van der Waals surface area contributed by atoms with Crippen LogP contribution in [0.4, 0.5) is 0 Å². The summed E-state index contributed by atoms with van der Waals surface area (Å²) < 4.78 is 10.7. The lowest BCUT2D eigenvalue weighted by Crippen LogP contribution is -2.35. The van der Waals surface area contributed by atoms with E-state index in [4.69, 9.17) is 19.7 Å². The van der Waals surface area contributed by atoms with E-state index < -0.39 is 36.1 Å². The lowest BCUT2D eigenvalue weighted by atomic mass is 10.0. The molecule has 8 nitrogen and oxygen atoms in total. The van der Waals surface area contributed by atoms with E-state index in [1.54, 1.807) is 0 Å². The average molecular weight is 398 g/mol. The molecule has 0 aliphatic rings. The molecule has 0 aromatic carbocycles. The highest BCUT2D eigenvalue weighted by molar-refractivity contribution is 5.91. The van der Waals surface area contributed by atoms with Crippen LogP contribution in [0.3, 0.4) is 0 Å². The van der Waals surface area contributed by atoms with Crippen molar-refractivity contribution in [2.45, 2.75) is 77.4 Å². The third kappa shape index (κ3) is 13.5. The van der Waals surface area contributed by atoms with Crippen molar-refractivity contribution in [3.63, 3.8) is 0 Å². The molecule has 0 heterocycles. The average Bonchev–Trinajstić information content (AvgIpc) is 2.63. The Balaban J connectivity index is 5.27. The first-order valence-electron chi connectivity index (χ1n) is 9.53. The number of carbonyl (C=O) groups is 4. The molecule has 0 rings (SSSR count). The van der Waals surface area contributed by atoms with Gasteiger partial charge < -0.3 is 19.7 Å². The summed E-state index contributed by atoms with van der Waals surface area (Å²) in [7, 11) is 0. The lowest BCUT2D eigenvalue weighted by Gasteiger charge is -2.26. The van der Waals surface area contributed by atoms with Gasteiger partial charge >= 0.3 is 23.9 Å². The molecule has 2 unspecified atom stereocenters. The van der Waals surface area contributed by atoms with Gasteiger partial charge in [0.15, 0.2) is 0 Å². The first-order chi connectivity index (χ1) is 13.3. The van der Waals surface area contributed by atoms with E-state index in [-0.39, 0.29) is 0 Å². The first kappa shape index (κ1) is 25.4. The molecule has 0 aliphatic carbocycles. The van der Waals surface area contributed by atoms with Crippen molar-refractivity contribution in [2.75, 3.05) is 0 Å². The van der Waals surface area contributed by atoms with Crippen LogP contribution in [0.1, 0.15) is 65.2 Å². The highest BCUT2D eigenvalue weighted by Crippen LogP contribution is 2.20. The van der Waals surface area contributed by atoms with E-state index in [1.807, 2.05) is 13.8 Å². The van der Waals surface area contributed by atoms with E-state index in [0.29, 0.717) is 25.0 Å². The summed E-state index contributed by atoms with van der Waals surface area (Å²) in [5, 5.41) is 17.3. The van der Waals surface area contributed by atoms with Crippen molar-refractivity contribution in [3.8, 4) is 0 Å². The maximum absolute atomic E-state index is 11.9. The molecule has 0 aromatic rings. The number of carbonyl (C=O) groups excluding carboxylic acids is 2. The molecule has 0 radical (unpaired) electrons. The maximum atomic E-state index is 11.9. The molecule has 0 amide bonds. The minimum absolute atomic E-state index is 0.452. The number of carboxylic acids is 2. The van der Waals surface area contributed by atoms with Gasteiger partial charge in [0.05, 0.1) is 0 Å². The van der Waals surface area contributed by atoms with Crippen LogP contribution in [0, 0.1) is 0 Å². The molecule has 0 saturated carbocycles. The molecule has 0 bridgehead atoms. The number of carboxylic acid groups (broad SMARTS) is 2. The van der Waals surface area contributed by atoms with Gasteiger partial charge in [-0.25, -0.2) is 19.2 Å². The highest BCUT2D eigenvalue weighted by Gasteiger charge is 2.27. The van der Waals surface area contributed by atoms with Crippen LogP contribution in [0.15, 0.2) is 24.3 Å². The largest absolute Gasteiger partial charge is 0.478 e. The predicted octanol–water partition coefficient (Wildman–Crippen LogP) is 3.25. The Morgan fingerprint density at radius 1 is 0.679 bits per heavy atom. The molecule has 2 N–H and O–H groups in total. The quantitative estimate of drug-likeness (QED) is 0.244. The zero-order valence-corrected chi connectivity index (χ0v) is 16.5. The second-order valence-electron chi connectivity index (χ2n) is 6.29. The van der Waals surface area contributed by atoms with Gasteiger partial charge in [0, 0.05) is 24.3 Å². The van der Waals surface area contributed by atoms with Crippen molar-refractivity contribution < 1.29 is 38.9 Å². The smallest absolute Gasteiger partial charge is 0.331 e. The second kappa shape index (κ2) is 15.4. The van der Waals surface area contributed by atoms with Crippen LogP contribution in [-0.4, -0.2) is 46.3 Å². The van der Waals surface area contributed by atoms with Gasteiger partial charge in [0.2, 0.25) is 0 Å². The lowest BCUT2D eigenvalue weighted by molar-refractivity contribution is -0.163. The summed E-state index contributed by atoms with van der Waals surface area (Å²) in [6.07, 6.45) is 7.57. The number of hydrogen-bond donors (Lipinski definition) is 2. The van der Waals surface area contributed by atoms with Crippen molar-refractivity contribution in [1.29, 1.82) is 0 Å². The fourth-order valence-electron chi connectivity index (χ4n) is 2.49. The fraction of sp³-hybridized carbons (Fsp3) is 0.600. The number of esters is 2. The Hall–Kier alpha value is -2.64. The van der Waals surface area contributed by atoms with E-state index in [9.17, 15) is 19.2 Å². The van der Waals surface area contributed by atoms with Crippen molar-refractivity contribution in [1.82, 2.24) is 0 Å². The Morgan fingerprint density at radius 3 is 1.32 bits per heavy atom. The summed E-state index contributed by atoms with van der Waals surface area (Å²) >= 11 is 0. The van der Waals surface area contributed by atoms with Crippen molar-refractivity contribution in [2.24, 2.45) is 0 Å². The summed E-state index contributed by atoms with van der Waals surface area (Å²) in [5.41, 5.74) is 0. The topological polar surface area (TPSA) is 127 Å². The second-order valence-corrected chi connectivity index (χ2v) is 6.29. The molecule has 0 saturated heterocycles. The number of rotatable bonds is 15. The zero-order chi connectivity index (χ0) is 21.4. The SMILES string of the molecule is CCCCCC(OC(=O)/C=C\C(=O)O)C(CCCCC)OC(=O)/C=C\C(=O)O. The Labute approximate surface area is 165 Å². The van der Waals surface area contributed by atoms with Gasteiger partial charge in [0.1, 0.15) is 12.2 Å². The van der Waals surface area contributed by atoms with Crippen LogP contribution >= 0.6 is 0 Å². The highest BCUT2D eigenvalue weighted by atomic mass is 16.6. The Bertz CT molecular complexity index is 515. The summed E-state index contributed by atoms with van der Waals surface area (Å²) in [6.45, 7) is 4.04. The molecule has 0 spiro atoms. The van der Waals surface area contributed by atoms with Crippen LogP contribution in [0.2, 0.25) is 0 Å². The zero-order valence-electron chi connectivity index (χ0n) is 16.5. The standard InChI is InChI=1S/C20H30O8/c1-3-5-7-9-15(27-19(25)13-11-17(21)22)16(10-8-6-4-2)28-20(26)14-12-18(23)24/h11-16H,3-10H2,1-2H3,(H,21,22)(H,23,24)/b13-11-,14-12-. The molecular weight excluding hydrogens is 368 g/mol. The minimum atomic E-state index is -1.27. The summed E-state index contributed by atoms with van der Waals surface area (Å²) in [5.74, 6) is -4.21. The Kier molecular flexibility index (Phi) is 14.0. The molecule has 2 atom stereocenters. The van der Waals surface area contributed by atoms with Gasteiger partial charge in [0.25, 0.3) is 0 Å². The van der Waals surface area contributed by atoms with Crippen molar-refractivity contribution >= 4 is 23.9 Å². The first-order valence-corrected chi connectivity index (χ1v) is 9.53. The molecule has 0 aromatic heterocycles. The van der Waals surface area contributed by atoms with Gasteiger partial charge in [-0.2, -0.15) is 0 Å². The molecular formula is C20H30O8. The minimum Gasteiger partial charge on any atom is -0.478 e. The van der Waals surface area contributed by atoms with E-state index >= 15 is 0 Å². The third-order valence-electron chi connectivity index (χ3n) is 3.86. The van der Waals surface area contributed by atoms with E-state index in [2.05, 4.69) is 0 Å². The third-order valence-corrected chi connectivity index (χ3v) is 3.86. The number of ether oxygens (including phenoxy) is 2. The number of aliphatic carboxylic acids is 2. The maximum Gasteiger partial charge on any atom is 0.331 e. The van der Waals surface area contributed by atoms with Crippen LogP contribution in [0.25, 0.3) is 0 Å². The van der Waals surface area contributed by atoms with E-state index in [0.717, 1.165) is 50.7 Å². The molecule has 0 fully saturated rings. The van der Waals surface area contributed by atoms with Crippen LogP contribution < -0.4 is 0 Å². The predicted molar refractivity (Wildman–Crippen MR) is 102 cm³/mol. The molecule has 0 aliphatic heterocycles. The summed E-state index contributed by atoms with van der Waals surface area (Å²) in [4.78, 5) is 45.0. The van der Waals surface area contributed by atoms with Crippen LogP contribution in [-0.2, 0) is 28.7 Å². The van der Waals surface area contributed by atoms with Crippen molar-refractivity contribution in [3.05, 3.63) is 24.3 Å². The normalized spacial score (nSPS) is 13.4. The summed E-state index contributed by atoms with van der Waals surface area (Å²) in [6, 6.07) is 0. The van der Waals surface area contributed by atoms with Gasteiger partial charge in [-0.3, -0.25) is 0 Å². The van der Waals surface area contributed by atoms with Crippen LogP contribution in [0.5, 0.6) is 0 Å².